The van der Waals surface area contributed by atoms with Gasteiger partial charge in [0.25, 0.3) is 0 Å². The predicted molar refractivity (Wildman–Crippen MR) is 202 cm³/mol. The number of rotatable bonds is 10. The van der Waals surface area contributed by atoms with Crippen LogP contribution < -0.4 is 10.0 Å². The second-order valence-corrected chi connectivity index (χ2v) is 13.3. The molecular formula is C37H61N5O2S. The average Bonchev–Trinajstić information content (AvgIpc) is 3.02. The summed E-state index contributed by atoms with van der Waals surface area (Å²) in [6, 6.07) is 10.3. The van der Waals surface area contributed by atoms with Crippen LogP contribution in [0.5, 0.6) is 0 Å². The van der Waals surface area contributed by atoms with Crippen molar-refractivity contribution in [1.29, 1.82) is 0 Å². The molecule has 45 heavy (non-hydrogen) atoms. The summed E-state index contributed by atoms with van der Waals surface area (Å²) in [5.74, 6) is 2.71. The third kappa shape index (κ3) is 21.2. The second kappa shape index (κ2) is 25.1. The van der Waals surface area contributed by atoms with Gasteiger partial charge in [-0.05, 0) is 76.7 Å². The Kier molecular flexibility index (Phi) is 23.3. The summed E-state index contributed by atoms with van der Waals surface area (Å²) >= 11 is 0. The molecule has 0 heterocycles. The van der Waals surface area contributed by atoms with Crippen LogP contribution in [0.15, 0.2) is 112 Å². The standard InChI is InChI=1S/C20H34N4.C10H19NO2S.C7H8/c1-6-8-15-19(12-7-2)23-20(22-17(3)24(4)5)21-16-18-13-10-9-11-14-18;1-5-6-10(8-7-9(2)3)14(12,13)11-4;1-7-5-3-2-4-6-7/h6-8,12,15,18H,9-11,13-14,16H2,1-5H3,(H,21,23);5-9,11-13H,1H2,2-4H3;2-6H,1H3/b8-6-,12-7-,19-15+,22-17+;8-7-,10-6+;. The number of amidine groups is 1. The third-order valence-corrected chi connectivity index (χ3v) is 8.19. The van der Waals surface area contributed by atoms with E-state index in [0.717, 1.165) is 18.1 Å². The van der Waals surface area contributed by atoms with Crippen molar-refractivity contribution in [3.8, 4) is 0 Å². The van der Waals surface area contributed by atoms with Gasteiger partial charge in [0.05, 0.1) is 4.91 Å². The summed E-state index contributed by atoms with van der Waals surface area (Å²) in [6.45, 7) is 16.5. The monoisotopic (exact) mass is 639 g/mol. The highest BCUT2D eigenvalue weighted by Crippen LogP contribution is 2.43. The normalized spacial score (nSPS) is 16.0. The molecule has 0 radical (unpaired) electrons. The van der Waals surface area contributed by atoms with Gasteiger partial charge in [-0.15, -0.1) is 10.8 Å². The highest BCUT2D eigenvalue weighted by Gasteiger charge is 2.14. The number of aliphatic imine (C=N–C) groups is 2. The lowest BCUT2D eigenvalue weighted by Gasteiger charge is -2.32. The first kappa shape index (κ1) is 41.8. The zero-order valence-electron chi connectivity index (χ0n) is 29.3. The Morgan fingerprint density at radius 1 is 1.04 bits per heavy atom. The van der Waals surface area contributed by atoms with Crippen LogP contribution in [0.1, 0.15) is 72.3 Å². The van der Waals surface area contributed by atoms with Gasteiger partial charge in [0.1, 0.15) is 5.84 Å². The van der Waals surface area contributed by atoms with Gasteiger partial charge in [-0.1, -0.05) is 106 Å². The summed E-state index contributed by atoms with van der Waals surface area (Å²) in [6.07, 6.45) is 23.5. The van der Waals surface area contributed by atoms with Gasteiger partial charge in [-0.25, -0.2) is 9.71 Å². The first-order valence-corrected chi connectivity index (χ1v) is 17.4. The fourth-order valence-electron chi connectivity index (χ4n) is 3.89. The van der Waals surface area contributed by atoms with E-state index < -0.39 is 10.8 Å². The van der Waals surface area contributed by atoms with E-state index in [-0.39, 0.29) is 0 Å². The Morgan fingerprint density at radius 3 is 2.16 bits per heavy atom. The Balaban J connectivity index is 0.000000768. The molecule has 252 valence electrons. The molecule has 1 fully saturated rings. The van der Waals surface area contributed by atoms with E-state index in [1.807, 2.05) is 108 Å². The largest absolute Gasteiger partial charge is 0.366 e. The van der Waals surface area contributed by atoms with Crippen molar-refractivity contribution in [2.45, 2.75) is 73.6 Å². The molecule has 4 N–H and O–H groups in total. The zero-order chi connectivity index (χ0) is 34.1. The molecule has 8 heteroatoms. The van der Waals surface area contributed by atoms with E-state index in [0.29, 0.717) is 22.7 Å². The molecule has 1 aromatic rings. The van der Waals surface area contributed by atoms with E-state index >= 15 is 0 Å². The molecule has 0 aromatic heterocycles. The molecule has 0 atom stereocenters. The Morgan fingerprint density at radius 2 is 1.69 bits per heavy atom. The fourth-order valence-corrected chi connectivity index (χ4v) is 4.68. The van der Waals surface area contributed by atoms with E-state index in [1.54, 1.807) is 12.2 Å². The number of hydrogen-bond acceptors (Lipinski definition) is 4. The van der Waals surface area contributed by atoms with E-state index in [2.05, 4.69) is 40.7 Å². The van der Waals surface area contributed by atoms with Crippen molar-refractivity contribution in [2.75, 3.05) is 27.7 Å². The SMILES string of the molecule is C=C/C=C(\C=C/C(C)C)S(O)(O)NC.C\C=C/C=C(\C=C/C)NC(=NCC1CCCCC1)/N=C(\C)N(C)C.Cc1ccccc1. The zero-order valence-corrected chi connectivity index (χ0v) is 30.1. The van der Waals surface area contributed by atoms with Crippen molar-refractivity contribution in [3.63, 3.8) is 0 Å². The lowest BCUT2D eigenvalue weighted by Crippen LogP contribution is -2.27. The smallest absolute Gasteiger partial charge is 0.224 e. The highest BCUT2D eigenvalue weighted by atomic mass is 32.3. The number of nitrogens with zero attached hydrogens (tertiary/aromatic N) is 3. The third-order valence-electron chi connectivity index (χ3n) is 6.69. The molecule has 1 saturated carbocycles. The molecule has 0 spiro atoms. The van der Waals surface area contributed by atoms with Crippen LogP contribution in [0.25, 0.3) is 0 Å². The van der Waals surface area contributed by atoms with Crippen molar-refractivity contribution in [3.05, 3.63) is 108 Å². The van der Waals surface area contributed by atoms with Crippen molar-refractivity contribution >= 4 is 22.6 Å². The Hall–Kier alpha value is -3.17. The first-order chi connectivity index (χ1) is 21.4. The van der Waals surface area contributed by atoms with Gasteiger partial charge in [0, 0.05) is 33.4 Å². The Labute approximate surface area is 276 Å². The number of hydrogen-bond donors (Lipinski definition) is 4. The summed E-state index contributed by atoms with van der Waals surface area (Å²) in [7, 11) is 2.64. The minimum absolute atomic E-state index is 0.371. The van der Waals surface area contributed by atoms with Crippen LogP contribution in [0.4, 0.5) is 0 Å². The van der Waals surface area contributed by atoms with Crippen LogP contribution in [-0.2, 0) is 0 Å². The summed E-state index contributed by atoms with van der Waals surface area (Å²) < 4.78 is 21.7. The number of benzene rings is 1. The number of guanidine groups is 1. The molecule has 0 amide bonds. The van der Waals surface area contributed by atoms with Crippen LogP contribution in [0.2, 0.25) is 0 Å². The van der Waals surface area contributed by atoms with Crippen LogP contribution in [0.3, 0.4) is 0 Å². The first-order valence-electron chi connectivity index (χ1n) is 15.9. The summed E-state index contributed by atoms with van der Waals surface area (Å²) in [5.41, 5.74) is 2.32. The molecule has 1 aromatic carbocycles. The summed E-state index contributed by atoms with van der Waals surface area (Å²) in [4.78, 5) is 11.9. The van der Waals surface area contributed by atoms with E-state index in [9.17, 15) is 9.11 Å². The minimum Gasteiger partial charge on any atom is -0.366 e. The number of allylic oxidation sites excluding steroid dienone is 9. The number of aryl methyl sites for hydroxylation is 1. The highest BCUT2D eigenvalue weighted by molar-refractivity contribution is 8.26. The van der Waals surface area contributed by atoms with Crippen molar-refractivity contribution in [1.82, 2.24) is 14.9 Å². The van der Waals surface area contributed by atoms with Crippen molar-refractivity contribution in [2.24, 2.45) is 21.8 Å². The van der Waals surface area contributed by atoms with Gasteiger partial charge in [0.15, 0.2) is 0 Å². The molecule has 0 bridgehead atoms. The molecule has 0 unspecified atom stereocenters. The molecule has 7 nitrogen and oxygen atoms in total. The molecular weight excluding hydrogens is 579 g/mol. The lowest BCUT2D eigenvalue weighted by molar-refractivity contribution is 0.366. The van der Waals surface area contributed by atoms with Crippen LogP contribution in [-0.4, -0.2) is 53.5 Å². The second-order valence-electron chi connectivity index (χ2n) is 11.3. The van der Waals surface area contributed by atoms with Gasteiger partial charge < -0.3 is 10.2 Å². The van der Waals surface area contributed by atoms with Crippen LogP contribution >= 0.6 is 10.8 Å². The minimum atomic E-state index is -2.87. The molecule has 2 rings (SSSR count). The van der Waals surface area contributed by atoms with E-state index in [1.165, 1.54) is 50.8 Å². The van der Waals surface area contributed by atoms with Crippen LogP contribution in [0, 0.1) is 18.8 Å². The molecule has 1 aliphatic carbocycles. The number of nitrogens with one attached hydrogen (secondary N) is 2. The van der Waals surface area contributed by atoms with Gasteiger partial charge >= 0.3 is 0 Å². The van der Waals surface area contributed by atoms with Gasteiger partial charge in [-0.3, -0.25) is 14.1 Å². The maximum atomic E-state index is 9.59. The molecule has 1 aliphatic rings. The topological polar surface area (TPSA) is 92.5 Å². The van der Waals surface area contributed by atoms with Crippen molar-refractivity contribution < 1.29 is 9.11 Å². The van der Waals surface area contributed by atoms with Gasteiger partial charge in [0.2, 0.25) is 5.96 Å². The Bertz CT molecular complexity index is 1160. The average molecular weight is 640 g/mol. The quantitative estimate of drug-likeness (QED) is 0.116. The maximum absolute atomic E-state index is 9.59. The summed E-state index contributed by atoms with van der Waals surface area (Å²) in [5, 5.41) is 3.37. The molecule has 0 aliphatic heterocycles. The molecule has 0 saturated heterocycles. The maximum Gasteiger partial charge on any atom is 0.224 e. The van der Waals surface area contributed by atoms with Gasteiger partial charge in [-0.2, -0.15) is 0 Å². The fraction of sp³-hybridized carbons (Fsp3) is 0.459. The van der Waals surface area contributed by atoms with E-state index in [4.69, 9.17) is 4.99 Å². The lowest BCUT2D eigenvalue weighted by atomic mass is 9.89. The predicted octanol–water partition coefficient (Wildman–Crippen LogP) is 9.68.